The molecular formula is C13H11NO3S. The molecule has 0 bridgehead atoms. The molecule has 0 aliphatic heterocycles. The van der Waals surface area contributed by atoms with Crippen molar-refractivity contribution in [3.8, 4) is 0 Å². The van der Waals surface area contributed by atoms with Gasteiger partial charge in [-0.3, -0.25) is 4.79 Å². The van der Waals surface area contributed by atoms with Crippen LogP contribution < -0.4 is 5.43 Å². The molecule has 0 amide bonds. The fourth-order valence-corrected chi connectivity index (χ4v) is 1.79. The molecule has 0 saturated carbocycles. The van der Waals surface area contributed by atoms with Crippen molar-refractivity contribution in [2.75, 3.05) is 5.75 Å². The van der Waals surface area contributed by atoms with Crippen molar-refractivity contribution in [3.05, 3.63) is 51.8 Å². The average Bonchev–Trinajstić information content (AvgIpc) is 2.36. The number of benzene rings is 1. The molecule has 5 heteroatoms. The SMILES string of the molecule is O=C(O)c1c[nH]c2ccc(C=CCS)cc2c1=O. The van der Waals surface area contributed by atoms with Crippen LogP contribution in [-0.4, -0.2) is 21.8 Å². The van der Waals surface area contributed by atoms with Gasteiger partial charge in [0.15, 0.2) is 0 Å². The predicted octanol–water partition coefficient (Wildman–Crippen LogP) is 2.17. The van der Waals surface area contributed by atoms with E-state index in [1.165, 1.54) is 6.20 Å². The number of aromatic carboxylic acids is 1. The molecule has 1 aromatic heterocycles. The van der Waals surface area contributed by atoms with Crippen molar-refractivity contribution < 1.29 is 9.90 Å². The summed E-state index contributed by atoms with van der Waals surface area (Å²) >= 11 is 4.06. The third kappa shape index (κ3) is 2.31. The fraction of sp³-hybridized carbons (Fsp3) is 0.0769. The summed E-state index contributed by atoms with van der Waals surface area (Å²) in [5.74, 6) is -0.627. The van der Waals surface area contributed by atoms with E-state index in [2.05, 4.69) is 17.6 Å². The number of pyridine rings is 1. The highest BCUT2D eigenvalue weighted by atomic mass is 32.1. The Kier molecular flexibility index (Phi) is 3.53. The number of aromatic amines is 1. The molecule has 2 rings (SSSR count). The molecule has 2 aromatic rings. The molecule has 0 aliphatic rings. The summed E-state index contributed by atoms with van der Waals surface area (Å²) in [6.45, 7) is 0. The van der Waals surface area contributed by atoms with Gasteiger partial charge in [-0.05, 0) is 17.7 Å². The van der Waals surface area contributed by atoms with Crippen LogP contribution in [0.4, 0.5) is 0 Å². The first kappa shape index (κ1) is 12.4. The molecule has 0 saturated heterocycles. The van der Waals surface area contributed by atoms with Crippen LogP contribution >= 0.6 is 12.6 Å². The zero-order chi connectivity index (χ0) is 13.1. The number of carbonyl (C=O) groups is 1. The standard InChI is InChI=1S/C13H11NO3S/c15-12-9-6-8(2-1-5-18)3-4-11(9)14-7-10(12)13(16)17/h1-4,6-7,18H,5H2,(H,14,15)(H,16,17). The number of fused-ring (bicyclic) bond motifs is 1. The molecule has 0 unspecified atom stereocenters. The molecule has 0 radical (unpaired) electrons. The molecule has 0 atom stereocenters. The highest BCUT2D eigenvalue weighted by Gasteiger charge is 2.11. The molecule has 18 heavy (non-hydrogen) atoms. The summed E-state index contributed by atoms with van der Waals surface area (Å²) in [5.41, 5.74) is 0.729. The Morgan fingerprint density at radius 1 is 1.44 bits per heavy atom. The number of rotatable bonds is 3. The van der Waals surface area contributed by atoms with E-state index in [4.69, 9.17) is 5.11 Å². The van der Waals surface area contributed by atoms with Gasteiger partial charge in [-0.2, -0.15) is 12.6 Å². The van der Waals surface area contributed by atoms with E-state index in [0.717, 1.165) is 5.56 Å². The summed E-state index contributed by atoms with van der Waals surface area (Å²) in [7, 11) is 0. The largest absolute Gasteiger partial charge is 0.477 e. The minimum absolute atomic E-state index is 0.252. The molecule has 1 aromatic carbocycles. The van der Waals surface area contributed by atoms with Crippen molar-refractivity contribution in [3.63, 3.8) is 0 Å². The highest BCUT2D eigenvalue weighted by molar-refractivity contribution is 7.80. The summed E-state index contributed by atoms with van der Waals surface area (Å²) in [4.78, 5) is 25.6. The van der Waals surface area contributed by atoms with Gasteiger partial charge in [0.1, 0.15) is 5.56 Å². The Bertz CT molecular complexity index is 688. The smallest absolute Gasteiger partial charge is 0.341 e. The zero-order valence-electron chi connectivity index (χ0n) is 9.38. The first-order chi connectivity index (χ1) is 8.63. The van der Waals surface area contributed by atoms with Crippen LogP contribution in [0, 0.1) is 0 Å². The van der Waals surface area contributed by atoms with Crippen LogP contribution in [0.5, 0.6) is 0 Å². The van der Waals surface area contributed by atoms with Crippen molar-refractivity contribution in [2.45, 2.75) is 0 Å². The van der Waals surface area contributed by atoms with Gasteiger partial charge >= 0.3 is 5.97 Å². The molecule has 2 N–H and O–H groups in total. The van der Waals surface area contributed by atoms with Crippen molar-refractivity contribution in [1.82, 2.24) is 4.98 Å². The quantitative estimate of drug-likeness (QED) is 0.742. The van der Waals surface area contributed by atoms with E-state index in [1.807, 2.05) is 18.2 Å². The Balaban J connectivity index is 2.67. The van der Waals surface area contributed by atoms with Gasteiger partial charge in [-0.15, -0.1) is 0 Å². The van der Waals surface area contributed by atoms with E-state index in [-0.39, 0.29) is 5.56 Å². The van der Waals surface area contributed by atoms with Crippen LogP contribution in [0.3, 0.4) is 0 Å². The number of hydrogen-bond acceptors (Lipinski definition) is 3. The summed E-state index contributed by atoms with van der Waals surface area (Å²) in [6.07, 6.45) is 4.90. The second-order valence-corrected chi connectivity index (χ2v) is 4.09. The van der Waals surface area contributed by atoms with Gasteiger partial charge in [-0.25, -0.2) is 4.79 Å². The van der Waals surface area contributed by atoms with Gasteiger partial charge in [0, 0.05) is 22.9 Å². The normalized spacial score (nSPS) is 11.2. The second-order valence-electron chi connectivity index (χ2n) is 3.73. The van der Waals surface area contributed by atoms with Crippen molar-refractivity contribution in [1.29, 1.82) is 0 Å². The molecule has 0 spiro atoms. The number of carboxylic acids is 1. The second kappa shape index (κ2) is 5.10. The summed E-state index contributed by atoms with van der Waals surface area (Å²) < 4.78 is 0. The minimum Gasteiger partial charge on any atom is -0.477 e. The highest BCUT2D eigenvalue weighted by Crippen LogP contribution is 2.12. The minimum atomic E-state index is -1.23. The van der Waals surface area contributed by atoms with Gasteiger partial charge in [0.25, 0.3) is 0 Å². The van der Waals surface area contributed by atoms with Gasteiger partial charge in [0.05, 0.1) is 0 Å². The van der Waals surface area contributed by atoms with E-state index >= 15 is 0 Å². The van der Waals surface area contributed by atoms with Crippen LogP contribution in [0.2, 0.25) is 0 Å². The van der Waals surface area contributed by atoms with E-state index in [0.29, 0.717) is 16.7 Å². The summed E-state index contributed by atoms with van der Waals surface area (Å²) in [5, 5.41) is 9.26. The average molecular weight is 261 g/mol. The number of carboxylic acid groups (broad SMARTS) is 1. The van der Waals surface area contributed by atoms with Gasteiger partial charge < -0.3 is 10.1 Å². The van der Waals surface area contributed by atoms with Crippen molar-refractivity contribution in [2.24, 2.45) is 0 Å². The predicted molar refractivity (Wildman–Crippen MR) is 74.4 cm³/mol. The lowest BCUT2D eigenvalue weighted by Crippen LogP contribution is -2.15. The Hall–Kier alpha value is -2.01. The number of hydrogen-bond donors (Lipinski definition) is 3. The molecule has 0 aliphatic carbocycles. The summed E-state index contributed by atoms with van der Waals surface area (Å²) in [6, 6.07) is 5.26. The molecule has 4 nitrogen and oxygen atoms in total. The molecule has 1 heterocycles. The van der Waals surface area contributed by atoms with E-state index < -0.39 is 11.4 Å². The zero-order valence-corrected chi connectivity index (χ0v) is 10.3. The van der Waals surface area contributed by atoms with Gasteiger partial charge in [0.2, 0.25) is 5.43 Å². The fourth-order valence-electron chi connectivity index (χ4n) is 1.69. The van der Waals surface area contributed by atoms with Crippen LogP contribution in [0.25, 0.3) is 17.0 Å². The molecule has 0 fully saturated rings. The number of aromatic nitrogens is 1. The lowest BCUT2D eigenvalue weighted by Gasteiger charge is -2.01. The van der Waals surface area contributed by atoms with Crippen molar-refractivity contribution >= 4 is 35.6 Å². The lowest BCUT2D eigenvalue weighted by molar-refractivity contribution is 0.0695. The number of nitrogens with one attached hydrogen (secondary N) is 1. The number of H-pyrrole nitrogens is 1. The maximum Gasteiger partial charge on any atom is 0.341 e. The third-order valence-electron chi connectivity index (χ3n) is 2.55. The third-order valence-corrected chi connectivity index (χ3v) is 2.76. The first-order valence-electron chi connectivity index (χ1n) is 5.29. The maximum absolute atomic E-state index is 12.0. The lowest BCUT2D eigenvalue weighted by atomic mass is 10.1. The Morgan fingerprint density at radius 3 is 2.89 bits per heavy atom. The van der Waals surface area contributed by atoms with Gasteiger partial charge in [-0.1, -0.05) is 18.2 Å². The first-order valence-corrected chi connectivity index (χ1v) is 5.93. The van der Waals surface area contributed by atoms with Crippen LogP contribution in [0.15, 0.2) is 35.3 Å². The topological polar surface area (TPSA) is 70.2 Å². The molecule has 92 valence electrons. The molecular weight excluding hydrogens is 250 g/mol. The Labute approximate surface area is 108 Å². The number of thiol groups is 1. The van der Waals surface area contributed by atoms with E-state index in [1.54, 1.807) is 12.1 Å². The monoisotopic (exact) mass is 261 g/mol. The van der Waals surface area contributed by atoms with E-state index in [9.17, 15) is 9.59 Å². The maximum atomic E-state index is 12.0. The van der Waals surface area contributed by atoms with Crippen LogP contribution in [-0.2, 0) is 0 Å². The van der Waals surface area contributed by atoms with Crippen LogP contribution in [0.1, 0.15) is 15.9 Å². The Morgan fingerprint density at radius 2 is 2.22 bits per heavy atom.